The second-order valence-corrected chi connectivity index (χ2v) is 15.7. The van der Waals surface area contributed by atoms with Crippen LogP contribution in [0.3, 0.4) is 0 Å². The quantitative estimate of drug-likeness (QED) is 0.176. The third-order valence-corrected chi connectivity index (χ3v) is 12.5. The molecule has 0 spiro atoms. The van der Waals surface area contributed by atoms with E-state index in [9.17, 15) is 0 Å². The molecule has 0 N–H and O–H groups in total. The largest absolute Gasteiger partial charge is 0.456 e. The van der Waals surface area contributed by atoms with Crippen LogP contribution in [0, 0.1) is 0 Å². The Labute approximate surface area is 339 Å². The molecule has 3 heteroatoms. The van der Waals surface area contributed by atoms with Crippen LogP contribution in [-0.4, -0.2) is 9.13 Å². The van der Waals surface area contributed by atoms with Crippen molar-refractivity contribution in [2.45, 2.75) is 0 Å². The van der Waals surface area contributed by atoms with Gasteiger partial charge in [0.05, 0.1) is 22.1 Å². The molecule has 0 saturated carbocycles. The van der Waals surface area contributed by atoms with Gasteiger partial charge in [0.15, 0.2) is 0 Å². The van der Waals surface area contributed by atoms with E-state index in [1.807, 2.05) is 12.1 Å². The number of benzene rings is 10. The normalized spacial score (nSPS) is 12.1. The Bertz CT molecular complexity index is 3860. The first-order valence-corrected chi connectivity index (χ1v) is 20.2. The Hall–Kier alpha value is -7.88. The molecule has 0 unspecified atom stereocenters. The van der Waals surface area contributed by atoms with E-state index in [1.54, 1.807) is 0 Å². The van der Waals surface area contributed by atoms with Crippen LogP contribution in [0.5, 0.6) is 0 Å². The highest BCUT2D eigenvalue weighted by Crippen LogP contribution is 2.41. The molecule has 10 aromatic carbocycles. The zero-order valence-corrected chi connectivity index (χ0v) is 31.9. The van der Waals surface area contributed by atoms with Crippen LogP contribution in [-0.2, 0) is 0 Å². The summed E-state index contributed by atoms with van der Waals surface area (Å²) in [7, 11) is 0. The fourth-order valence-corrected chi connectivity index (χ4v) is 9.71. The minimum atomic E-state index is 0.903. The summed E-state index contributed by atoms with van der Waals surface area (Å²) in [6.07, 6.45) is 0. The Kier molecular flexibility index (Phi) is 6.72. The summed E-state index contributed by atoms with van der Waals surface area (Å²) in [4.78, 5) is 0. The molecule has 0 atom stereocenters. The maximum absolute atomic E-state index is 6.19. The van der Waals surface area contributed by atoms with Crippen molar-refractivity contribution in [3.63, 3.8) is 0 Å². The monoisotopic (exact) mass is 750 g/mol. The topological polar surface area (TPSA) is 23.0 Å². The zero-order chi connectivity index (χ0) is 38.6. The van der Waals surface area contributed by atoms with Gasteiger partial charge in [-0.2, -0.15) is 0 Å². The Morgan fingerprint density at radius 2 is 0.864 bits per heavy atom. The van der Waals surface area contributed by atoms with Crippen LogP contribution in [0.4, 0.5) is 0 Å². The number of fused-ring (bicyclic) bond motifs is 12. The summed E-state index contributed by atoms with van der Waals surface area (Å²) in [6, 6.07) is 75.3. The number of aromatic nitrogens is 2. The average Bonchev–Trinajstić information content (AvgIpc) is 3.96. The Balaban J connectivity index is 0.991. The lowest BCUT2D eigenvalue weighted by Gasteiger charge is -2.12. The van der Waals surface area contributed by atoms with Gasteiger partial charge < -0.3 is 13.6 Å². The number of para-hydroxylation sites is 2. The predicted octanol–water partition coefficient (Wildman–Crippen LogP) is 15.4. The molecule has 13 rings (SSSR count). The van der Waals surface area contributed by atoms with Crippen molar-refractivity contribution < 1.29 is 4.42 Å². The standard InChI is InChI=1S/C56H34N2O/c1-2-12-37-30-39(21-20-35(37)10-1)38-13-9-14-42(31-38)58-53-28-24-41(33-49(53)47-26-22-36-11-3-4-15-44(36)56(47)58)40-23-27-52-48(32-40)45-16-5-7-18-51(45)57(52)43-25-29-55-50(34-43)46-17-6-8-19-54(46)59-55/h1-34H. The third-order valence-electron chi connectivity index (χ3n) is 12.5. The number of hydrogen-bond donors (Lipinski definition) is 0. The highest BCUT2D eigenvalue weighted by molar-refractivity contribution is 6.19. The number of rotatable bonds is 4. The smallest absolute Gasteiger partial charge is 0.135 e. The molecule has 3 heterocycles. The Morgan fingerprint density at radius 1 is 0.271 bits per heavy atom. The summed E-state index contributed by atoms with van der Waals surface area (Å²) in [5.74, 6) is 0. The number of nitrogens with zero attached hydrogens (tertiary/aromatic N) is 2. The molecule has 0 aliphatic heterocycles. The first-order valence-electron chi connectivity index (χ1n) is 20.2. The number of furan rings is 1. The van der Waals surface area contributed by atoms with Crippen LogP contribution >= 0.6 is 0 Å². The van der Waals surface area contributed by atoms with Gasteiger partial charge in [0.25, 0.3) is 0 Å². The molecule has 0 fully saturated rings. The van der Waals surface area contributed by atoms with Gasteiger partial charge in [0.2, 0.25) is 0 Å². The lowest BCUT2D eigenvalue weighted by Crippen LogP contribution is -1.95. The van der Waals surface area contributed by atoms with Crippen LogP contribution in [0.25, 0.3) is 121 Å². The Morgan fingerprint density at radius 3 is 1.73 bits per heavy atom. The summed E-state index contributed by atoms with van der Waals surface area (Å²) < 4.78 is 11.1. The molecule has 0 saturated heterocycles. The van der Waals surface area contributed by atoms with Crippen molar-refractivity contribution in [1.82, 2.24) is 9.13 Å². The van der Waals surface area contributed by atoms with Gasteiger partial charge in [-0.15, -0.1) is 0 Å². The second kappa shape index (κ2) is 12.3. The molecule has 0 radical (unpaired) electrons. The molecule has 3 aromatic heterocycles. The first-order chi connectivity index (χ1) is 29.2. The molecular weight excluding hydrogens is 717 g/mol. The summed E-state index contributed by atoms with van der Waals surface area (Å²) in [5.41, 5.74) is 13.7. The van der Waals surface area contributed by atoms with Gasteiger partial charge in [-0.1, -0.05) is 133 Å². The summed E-state index contributed by atoms with van der Waals surface area (Å²) >= 11 is 0. The molecule has 0 aliphatic rings. The fourth-order valence-electron chi connectivity index (χ4n) is 9.71. The van der Waals surface area contributed by atoms with Crippen LogP contribution in [0.1, 0.15) is 0 Å². The fraction of sp³-hybridized carbons (Fsp3) is 0. The predicted molar refractivity (Wildman–Crippen MR) is 248 cm³/mol. The van der Waals surface area contributed by atoms with E-state index in [0.717, 1.165) is 33.3 Å². The molecule has 0 aliphatic carbocycles. The van der Waals surface area contributed by atoms with Crippen molar-refractivity contribution >= 4 is 87.1 Å². The van der Waals surface area contributed by atoms with E-state index in [1.165, 1.54) is 87.4 Å². The second-order valence-electron chi connectivity index (χ2n) is 15.7. The molecule has 13 aromatic rings. The van der Waals surface area contributed by atoms with Crippen molar-refractivity contribution in [1.29, 1.82) is 0 Å². The van der Waals surface area contributed by atoms with E-state index in [4.69, 9.17) is 4.42 Å². The first kappa shape index (κ1) is 32.2. The lowest BCUT2D eigenvalue weighted by atomic mass is 10.00. The van der Waals surface area contributed by atoms with Gasteiger partial charge in [-0.05, 0) is 111 Å². The van der Waals surface area contributed by atoms with Crippen molar-refractivity contribution in [3.05, 3.63) is 206 Å². The molecule has 274 valence electrons. The van der Waals surface area contributed by atoms with E-state index in [2.05, 4.69) is 203 Å². The zero-order valence-electron chi connectivity index (χ0n) is 31.9. The molecule has 3 nitrogen and oxygen atoms in total. The minimum absolute atomic E-state index is 0.903. The van der Waals surface area contributed by atoms with Crippen molar-refractivity contribution in [3.8, 4) is 33.6 Å². The maximum atomic E-state index is 6.19. The minimum Gasteiger partial charge on any atom is -0.456 e. The van der Waals surface area contributed by atoms with E-state index < -0.39 is 0 Å². The highest BCUT2D eigenvalue weighted by Gasteiger charge is 2.19. The SMILES string of the molecule is c1cc(-c2ccc3ccccc3c2)cc(-n2c3ccc(-c4ccc5c(c4)c4ccccc4n5-c4ccc5oc6ccccc6c5c4)cc3c3ccc4ccccc4c32)c1. The van der Waals surface area contributed by atoms with Gasteiger partial charge >= 0.3 is 0 Å². The lowest BCUT2D eigenvalue weighted by molar-refractivity contribution is 0.669. The van der Waals surface area contributed by atoms with E-state index in [0.29, 0.717) is 0 Å². The third kappa shape index (κ3) is 4.82. The maximum Gasteiger partial charge on any atom is 0.135 e. The van der Waals surface area contributed by atoms with Crippen LogP contribution in [0.15, 0.2) is 211 Å². The highest BCUT2D eigenvalue weighted by atomic mass is 16.3. The molecule has 0 bridgehead atoms. The van der Waals surface area contributed by atoms with Crippen molar-refractivity contribution in [2.24, 2.45) is 0 Å². The van der Waals surface area contributed by atoms with Crippen LogP contribution in [0.2, 0.25) is 0 Å². The van der Waals surface area contributed by atoms with Gasteiger partial charge in [-0.3, -0.25) is 0 Å². The van der Waals surface area contributed by atoms with E-state index in [-0.39, 0.29) is 0 Å². The van der Waals surface area contributed by atoms with Crippen molar-refractivity contribution in [2.75, 3.05) is 0 Å². The summed E-state index contributed by atoms with van der Waals surface area (Å²) in [5, 5.41) is 12.2. The molecule has 59 heavy (non-hydrogen) atoms. The molecular formula is C56H34N2O. The van der Waals surface area contributed by atoms with Crippen LogP contribution < -0.4 is 0 Å². The van der Waals surface area contributed by atoms with Gasteiger partial charge in [-0.25, -0.2) is 0 Å². The van der Waals surface area contributed by atoms with Gasteiger partial charge in [0, 0.05) is 49.1 Å². The summed E-state index contributed by atoms with van der Waals surface area (Å²) in [6.45, 7) is 0. The van der Waals surface area contributed by atoms with Gasteiger partial charge in [0.1, 0.15) is 11.2 Å². The number of hydrogen-bond acceptors (Lipinski definition) is 1. The molecule has 0 amide bonds. The average molecular weight is 751 g/mol. The van der Waals surface area contributed by atoms with E-state index >= 15 is 0 Å².